The Balaban J connectivity index is 0.809. The Morgan fingerprint density at radius 3 is 2.23 bits per heavy atom. The number of amides is 4. The molecule has 396 valence electrons. The van der Waals surface area contributed by atoms with Gasteiger partial charge in [-0.2, -0.15) is 0 Å². The molecule has 1 fully saturated rings. The Morgan fingerprint density at radius 2 is 1.57 bits per heavy atom. The van der Waals surface area contributed by atoms with Crippen LogP contribution in [0.4, 0.5) is 0 Å². The second kappa shape index (κ2) is 25.9. The van der Waals surface area contributed by atoms with Gasteiger partial charge in [-0.1, -0.05) is 118 Å². The Kier molecular flexibility index (Phi) is 19.2. The fourth-order valence-corrected chi connectivity index (χ4v) is 10.2. The molecule has 15 nitrogen and oxygen atoms in total. The van der Waals surface area contributed by atoms with Crippen LogP contribution in [0.3, 0.4) is 0 Å². The van der Waals surface area contributed by atoms with Crippen molar-refractivity contribution in [1.82, 2.24) is 40.4 Å². The molecule has 4 unspecified atom stereocenters. The predicted octanol–water partition coefficient (Wildman–Crippen LogP) is 9.19. The van der Waals surface area contributed by atoms with Gasteiger partial charge >= 0.3 is 0 Å². The van der Waals surface area contributed by atoms with Crippen molar-refractivity contribution in [3.63, 3.8) is 0 Å². The van der Waals surface area contributed by atoms with Crippen molar-refractivity contribution < 1.29 is 34.1 Å². The number of likely N-dealkylation sites (tertiary alicyclic amines) is 1. The number of aliphatic hydroxyl groups is 1. The number of hydrogen-bond acceptors (Lipinski definition) is 11. The van der Waals surface area contributed by atoms with Crippen LogP contribution in [-0.2, 0) is 32.1 Å². The smallest absolute Gasteiger partial charge is 0.246 e. The van der Waals surface area contributed by atoms with Gasteiger partial charge in [0.15, 0.2) is 0 Å². The van der Waals surface area contributed by atoms with E-state index in [1.807, 2.05) is 125 Å². The van der Waals surface area contributed by atoms with Gasteiger partial charge in [0.1, 0.15) is 30.2 Å². The highest BCUT2D eigenvalue weighted by Gasteiger charge is 2.44. The molecular weight excluding hydrogens is 965 g/mol. The van der Waals surface area contributed by atoms with E-state index in [0.29, 0.717) is 38.3 Å². The normalized spacial score (nSPS) is 15.7. The van der Waals surface area contributed by atoms with Crippen LogP contribution in [0.15, 0.2) is 115 Å². The first-order valence-corrected chi connectivity index (χ1v) is 26.9. The first-order valence-electron chi connectivity index (χ1n) is 26.0. The van der Waals surface area contributed by atoms with Crippen LogP contribution < -0.4 is 15.4 Å². The van der Waals surface area contributed by atoms with E-state index < -0.39 is 29.5 Å². The lowest BCUT2D eigenvalue weighted by molar-refractivity contribution is -0.144. The number of aromatic nitrogens is 4. The molecule has 7 rings (SSSR count). The lowest BCUT2D eigenvalue weighted by Crippen LogP contribution is -2.57. The summed E-state index contributed by atoms with van der Waals surface area (Å²) < 4.78 is 7.82. The Morgan fingerprint density at radius 1 is 0.880 bits per heavy atom. The number of phenolic OH excluding ortho intramolecular Hbond substituents is 1. The number of hydrogen-bond donors (Lipinski definition) is 4. The van der Waals surface area contributed by atoms with E-state index in [4.69, 9.17) is 4.74 Å². The molecule has 0 aliphatic carbocycles. The highest BCUT2D eigenvalue weighted by Crippen LogP contribution is 2.36. The van der Waals surface area contributed by atoms with Crippen LogP contribution >= 0.6 is 11.3 Å². The summed E-state index contributed by atoms with van der Waals surface area (Å²) in [5.41, 5.74) is 10.3. The minimum absolute atomic E-state index is 0.00139. The maximum absolute atomic E-state index is 14.1. The number of nitrogens with zero attached hydrogens (tertiary/aromatic N) is 6. The third-order valence-corrected chi connectivity index (χ3v) is 14.7. The number of thiazole rings is 1. The predicted molar refractivity (Wildman–Crippen MR) is 293 cm³/mol. The molecule has 3 heterocycles. The van der Waals surface area contributed by atoms with Gasteiger partial charge < -0.3 is 35.4 Å². The fraction of sp³-hybridized carbons (Fsp3) is 0.407. The van der Waals surface area contributed by atoms with Gasteiger partial charge in [0.2, 0.25) is 23.6 Å². The van der Waals surface area contributed by atoms with E-state index in [9.17, 15) is 29.4 Å². The van der Waals surface area contributed by atoms with Gasteiger partial charge in [0, 0.05) is 52.0 Å². The molecule has 2 aromatic heterocycles. The number of nitrogens with one attached hydrogen (secondary N) is 2. The molecule has 0 spiro atoms. The summed E-state index contributed by atoms with van der Waals surface area (Å²) in [6.45, 7) is 13.0. The molecule has 1 aliphatic heterocycles. The van der Waals surface area contributed by atoms with Crippen LogP contribution in [0.1, 0.15) is 119 Å². The maximum atomic E-state index is 14.1. The number of benzene rings is 4. The molecule has 1 saturated heterocycles. The van der Waals surface area contributed by atoms with Crippen LogP contribution in [-0.4, -0.2) is 109 Å². The third kappa shape index (κ3) is 15.0. The molecule has 6 aromatic rings. The SMILES string of the molecule is CCC(=C(c1ccc(O)cc1)c1ccc(OCCN(C)C(=O)CCc2cn(CCCCCC(=O)NC(C(=O)N3CC(O)CC3C(=O)NC(C)c3ccc(-c4scnc4C)cc3)C(C)(C)C)nn2)cc1)c1ccccc1. The number of β-amino-alcohol motifs (C(OH)–C–C–N with tert-alkyl or cyclic N) is 1. The summed E-state index contributed by atoms with van der Waals surface area (Å²) in [5, 5.41) is 35.2. The zero-order valence-corrected chi connectivity index (χ0v) is 45.1. The minimum Gasteiger partial charge on any atom is -0.508 e. The molecule has 75 heavy (non-hydrogen) atoms. The van der Waals surface area contributed by atoms with Gasteiger partial charge in [-0.15, -0.1) is 16.4 Å². The molecule has 0 bridgehead atoms. The van der Waals surface area contributed by atoms with Crippen molar-refractivity contribution in [2.24, 2.45) is 5.41 Å². The molecular formula is C59H72N8O7S. The van der Waals surface area contributed by atoms with Gasteiger partial charge in [-0.25, -0.2) is 4.98 Å². The van der Waals surface area contributed by atoms with Gasteiger partial charge in [-0.3, -0.25) is 23.9 Å². The van der Waals surface area contributed by atoms with Crippen molar-refractivity contribution in [1.29, 1.82) is 0 Å². The molecule has 4 N–H and O–H groups in total. The zero-order valence-electron chi connectivity index (χ0n) is 44.3. The summed E-state index contributed by atoms with van der Waals surface area (Å²) in [7, 11) is 1.77. The minimum atomic E-state index is -0.904. The molecule has 4 atom stereocenters. The standard InChI is InChI=1S/C59H72N8O7S/c1-8-50(42-15-11-9-12-16-42)54(43-22-27-47(68)28-23-43)44-24-29-49(30-25-44)74-34-33-65(7)53(71)31-26-46-36-66(64-63-46)32-14-10-13-17-52(70)62-56(59(4,5)6)58(73)67-37-48(69)35-51(67)57(72)61-39(2)41-18-20-45(21-19-41)55-40(3)60-38-75-55/h9,11-12,15-16,18-25,27-30,36,38-39,48,51,56,68-69H,8,10,13-14,17,26,31-35,37H2,1-7H3,(H,61,72)(H,62,70). The van der Waals surface area contributed by atoms with Crippen LogP contribution in [0.2, 0.25) is 0 Å². The van der Waals surface area contributed by atoms with E-state index in [-0.39, 0.29) is 55.3 Å². The number of aliphatic hydroxyl groups excluding tert-OH is 1. The molecule has 4 aromatic carbocycles. The summed E-state index contributed by atoms with van der Waals surface area (Å²) in [6, 6.07) is 31.4. The zero-order chi connectivity index (χ0) is 53.6. The van der Waals surface area contributed by atoms with Crippen molar-refractivity contribution in [3.8, 4) is 21.9 Å². The third-order valence-electron chi connectivity index (χ3n) is 13.7. The second-order valence-electron chi connectivity index (χ2n) is 20.5. The molecule has 16 heteroatoms. The average molecular weight is 1040 g/mol. The van der Waals surface area contributed by atoms with Gasteiger partial charge in [0.05, 0.1) is 40.5 Å². The average Bonchev–Trinajstić information content (AvgIpc) is 4.16. The summed E-state index contributed by atoms with van der Waals surface area (Å²) in [4.78, 5) is 62.7. The number of likely N-dealkylation sites (N-methyl/N-ethyl adjacent to an activating group) is 1. The van der Waals surface area contributed by atoms with Crippen LogP contribution in [0.25, 0.3) is 21.6 Å². The van der Waals surface area contributed by atoms with E-state index in [1.54, 1.807) is 40.1 Å². The Labute approximate surface area is 445 Å². The number of carbonyl (C=O) groups is 4. The molecule has 0 saturated carbocycles. The van der Waals surface area contributed by atoms with Crippen LogP contribution in [0.5, 0.6) is 11.5 Å². The number of aryl methyl sites for hydroxylation is 3. The van der Waals surface area contributed by atoms with Crippen molar-refractivity contribution in [2.75, 3.05) is 26.7 Å². The Hall–Kier alpha value is -7.17. The number of ether oxygens (including phenoxy) is 1. The largest absolute Gasteiger partial charge is 0.508 e. The topological polar surface area (TPSA) is 192 Å². The maximum Gasteiger partial charge on any atom is 0.246 e. The van der Waals surface area contributed by atoms with Crippen molar-refractivity contribution >= 4 is 46.1 Å². The molecule has 4 amide bonds. The monoisotopic (exact) mass is 1040 g/mol. The lowest BCUT2D eigenvalue weighted by atomic mass is 9.85. The Bertz CT molecular complexity index is 2880. The lowest BCUT2D eigenvalue weighted by Gasteiger charge is -2.35. The van der Waals surface area contributed by atoms with Crippen molar-refractivity contribution in [3.05, 3.63) is 148 Å². The van der Waals surface area contributed by atoms with E-state index in [2.05, 4.69) is 45.0 Å². The number of rotatable bonds is 23. The first kappa shape index (κ1) is 55.6. The van der Waals surface area contributed by atoms with E-state index >= 15 is 0 Å². The van der Waals surface area contributed by atoms with Crippen molar-refractivity contribution in [2.45, 2.75) is 124 Å². The summed E-state index contributed by atoms with van der Waals surface area (Å²) in [6.07, 6.45) is 4.95. The fourth-order valence-electron chi connectivity index (χ4n) is 9.42. The highest BCUT2D eigenvalue weighted by molar-refractivity contribution is 7.13. The number of phenols is 1. The first-order chi connectivity index (χ1) is 36.0. The molecule has 0 radical (unpaired) electrons. The number of allylic oxidation sites excluding steroid dienone is 1. The summed E-state index contributed by atoms with van der Waals surface area (Å²) >= 11 is 1.58. The number of aromatic hydroxyl groups is 1. The van der Waals surface area contributed by atoms with Crippen LogP contribution in [0, 0.1) is 12.3 Å². The van der Waals surface area contributed by atoms with Gasteiger partial charge in [0.25, 0.3) is 0 Å². The number of unbranched alkanes of at least 4 members (excludes halogenated alkanes) is 2. The molecule has 1 aliphatic rings. The van der Waals surface area contributed by atoms with Gasteiger partial charge in [-0.05, 0) is 102 Å². The van der Waals surface area contributed by atoms with E-state index in [1.165, 1.54) is 10.5 Å². The quantitative estimate of drug-likeness (QED) is 0.0355. The number of carbonyl (C=O) groups excluding carboxylic acids is 4. The summed E-state index contributed by atoms with van der Waals surface area (Å²) in [5.74, 6) is -0.114. The second-order valence-corrected chi connectivity index (χ2v) is 21.3. The van der Waals surface area contributed by atoms with E-state index in [0.717, 1.165) is 68.9 Å². The highest BCUT2D eigenvalue weighted by atomic mass is 32.1.